The molecule has 1 atom stereocenters. The average molecular weight is 273 g/mol. The molecule has 0 aliphatic carbocycles. The molecule has 6 heteroatoms. The first-order chi connectivity index (χ1) is 7.98. The Bertz CT molecular complexity index is 493. The molecule has 0 spiro atoms. The monoisotopic (exact) mass is 273 g/mol. The molecule has 1 aliphatic heterocycles. The van der Waals surface area contributed by atoms with Crippen LogP contribution in [-0.4, -0.2) is 43.8 Å². The van der Waals surface area contributed by atoms with E-state index in [1.54, 1.807) is 23.3 Å². The van der Waals surface area contributed by atoms with Gasteiger partial charge in [-0.1, -0.05) is 6.07 Å². The fourth-order valence-electron chi connectivity index (χ4n) is 1.97. The minimum atomic E-state index is -2.93. The van der Waals surface area contributed by atoms with Crippen molar-refractivity contribution in [3.05, 3.63) is 22.4 Å². The maximum absolute atomic E-state index is 11.9. The molecule has 1 saturated heterocycles. The van der Waals surface area contributed by atoms with Gasteiger partial charge >= 0.3 is 0 Å². The summed E-state index contributed by atoms with van der Waals surface area (Å²) >= 11 is 1.55. The van der Waals surface area contributed by atoms with E-state index >= 15 is 0 Å². The van der Waals surface area contributed by atoms with Gasteiger partial charge in [-0.25, -0.2) is 8.42 Å². The summed E-state index contributed by atoms with van der Waals surface area (Å²) in [6.45, 7) is 0. The second kappa shape index (κ2) is 4.78. The summed E-state index contributed by atoms with van der Waals surface area (Å²) in [7, 11) is -1.23. The molecule has 1 aromatic rings. The van der Waals surface area contributed by atoms with Crippen molar-refractivity contribution in [3.63, 3.8) is 0 Å². The van der Waals surface area contributed by atoms with E-state index in [1.807, 2.05) is 17.5 Å². The highest BCUT2D eigenvalue weighted by molar-refractivity contribution is 7.91. The van der Waals surface area contributed by atoms with Crippen molar-refractivity contribution in [1.29, 1.82) is 0 Å². The minimum Gasteiger partial charge on any atom is -0.341 e. The highest BCUT2D eigenvalue weighted by Gasteiger charge is 2.32. The number of thiophene rings is 1. The normalized spacial score (nSPS) is 22.5. The van der Waals surface area contributed by atoms with Crippen LogP contribution in [0.5, 0.6) is 0 Å². The molecule has 0 radical (unpaired) electrons. The van der Waals surface area contributed by atoms with Gasteiger partial charge in [0.05, 0.1) is 17.9 Å². The first-order valence-corrected chi connectivity index (χ1v) is 8.16. The molecular weight excluding hydrogens is 258 g/mol. The number of amides is 1. The Morgan fingerprint density at radius 1 is 1.59 bits per heavy atom. The minimum absolute atomic E-state index is 0.00505. The van der Waals surface area contributed by atoms with Crippen molar-refractivity contribution >= 4 is 27.1 Å². The second-order valence-electron chi connectivity index (χ2n) is 4.32. The summed E-state index contributed by atoms with van der Waals surface area (Å²) in [6, 6.07) is 3.68. The molecule has 2 heterocycles. The summed E-state index contributed by atoms with van der Waals surface area (Å²) in [5, 5.41) is 1.93. The van der Waals surface area contributed by atoms with Gasteiger partial charge in [-0.15, -0.1) is 11.3 Å². The summed E-state index contributed by atoms with van der Waals surface area (Å²) in [6.07, 6.45) is 0.930. The molecule has 0 N–H and O–H groups in total. The molecule has 4 nitrogen and oxygen atoms in total. The van der Waals surface area contributed by atoms with Crippen molar-refractivity contribution in [1.82, 2.24) is 4.90 Å². The zero-order chi connectivity index (χ0) is 12.5. The Morgan fingerprint density at radius 2 is 2.35 bits per heavy atom. The van der Waals surface area contributed by atoms with E-state index in [2.05, 4.69) is 0 Å². The van der Waals surface area contributed by atoms with Gasteiger partial charge in [0.1, 0.15) is 0 Å². The molecule has 2 rings (SSSR count). The van der Waals surface area contributed by atoms with Gasteiger partial charge in [0.2, 0.25) is 5.91 Å². The van der Waals surface area contributed by atoms with Crippen LogP contribution in [-0.2, 0) is 21.1 Å². The Balaban J connectivity index is 1.96. The van der Waals surface area contributed by atoms with E-state index in [1.165, 1.54) is 0 Å². The van der Waals surface area contributed by atoms with Crippen molar-refractivity contribution in [2.75, 3.05) is 18.6 Å². The first-order valence-electron chi connectivity index (χ1n) is 5.46. The zero-order valence-corrected chi connectivity index (χ0v) is 11.3. The Morgan fingerprint density at radius 3 is 2.88 bits per heavy atom. The highest BCUT2D eigenvalue weighted by atomic mass is 32.2. The molecule has 1 amide bonds. The fourth-order valence-corrected chi connectivity index (χ4v) is 4.44. The van der Waals surface area contributed by atoms with Crippen molar-refractivity contribution in [2.45, 2.75) is 18.9 Å². The van der Waals surface area contributed by atoms with Crippen molar-refractivity contribution in [2.24, 2.45) is 0 Å². The van der Waals surface area contributed by atoms with E-state index in [9.17, 15) is 13.2 Å². The standard InChI is InChI=1S/C11H15NO3S2/c1-12(9-4-6-17(14,15)8-9)11(13)7-10-3-2-5-16-10/h2-3,5,9H,4,6-8H2,1H3. The van der Waals surface area contributed by atoms with Gasteiger partial charge in [0.25, 0.3) is 0 Å². The van der Waals surface area contributed by atoms with Crippen LogP contribution in [0.3, 0.4) is 0 Å². The van der Waals surface area contributed by atoms with Gasteiger partial charge in [-0.3, -0.25) is 4.79 Å². The molecule has 0 saturated carbocycles. The van der Waals surface area contributed by atoms with Crippen LogP contribution in [0.4, 0.5) is 0 Å². The van der Waals surface area contributed by atoms with Gasteiger partial charge < -0.3 is 4.90 Å². The molecule has 1 aromatic heterocycles. The number of carbonyl (C=O) groups excluding carboxylic acids is 1. The number of sulfone groups is 1. The lowest BCUT2D eigenvalue weighted by Gasteiger charge is -2.23. The Labute approximate surface area is 105 Å². The maximum atomic E-state index is 11.9. The third-order valence-corrected chi connectivity index (χ3v) is 5.68. The number of likely N-dealkylation sites (N-methyl/N-ethyl adjacent to an activating group) is 1. The third-order valence-electron chi connectivity index (χ3n) is 3.06. The van der Waals surface area contributed by atoms with E-state index in [4.69, 9.17) is 0 Å². The SMILES string of the molecule is CN(C(=O)Cc1cccs1)C1CCS(=O)(=O)C1. The third kappa shape index (κ3) is 3.07. The smallest absolute Gasteiger partial charge is 0.227 e. The average Bonchev–Trinajstić information content (AvgIpc) is 2.86. The topological polar surface area (TPSA) is 54.5 Å². The first kappa shape index (κ1) is 12.6. The molecule has 1 unspecified atom stereocenters. The summed E-state index contributed by atoms with van der Waals surface area (Å²) in [5.74, 6) is 0.308. The summed E-state index contributed by atoms with van der Waals surface area (Å²) in [4.78, 5) is 14.6. The fraction of sp³-hybridized carbons (Fsp3) is 0.545. The predicted molar refractivity (Wildman–Crippen MR) is 67.9 cm³/mol. The maximum Gasteiger partial charge on any atom is 0.227 e. The highest BCUT2D eigenvalue weighted by Crippen LogP contribution is 2.18. The number of hydrogen-bond donors (Lipinski definition) is 0. The zero-order valence-electron chi connectivity index (χ0n) is 9.63. The largest absolute Gasteiger partial charge is 0.341 e. The van der Waals surface area contributed by atoms with Gasteiger partial charge in [-0.05, 0) is 17.9 Å². The van der Waals surface area contributed by atoms with Crippen LogP contribution in [0.25, 0.3) is 0 Å². The number of nitrogens with zero attached hydrogens (tertiary/aromatic N) is 1. The number of hydrogen-bond acceptors (Lipinski definition) is 4. The Hall–Kier alpha value is -0.880. The second-order valence-corrected chi connectivity index (χ2v) is 7.58. The molecule has 1 fully saturated rings. The lowest BCUT2D eigenvalue weighted by molar-refractivity contribution is -0.130. The van der Waals surface area contributed by atoms with Crippen molar-refractivity contribution < 1.29 is 13.2 Å². The quantitative estimate of drug-likeness (QED) is 0.823. The molecule has 94 valence electrons. The number of rotatable bonds is 3. The molecule has 0 aromatic carbocycles. The van der Waals surface area contributed by atoms with E-state index in [0.717, 1.165) is 4.88 Å². The van der Waals surface area contributed by atoms with Crippen LogP contribution < -0.4 is 0 Å². The summed E-state index contributed by atoms with van der Waals surface area (Å²) < 4.78 is 22.7. The molecule has 17 heavy (non-hydrogen) atoms. The van der Waals surface area contributed by atoms with Crippen LogP contribution >= 0.6 is 11.3 Å². The molecule has 1 aliphatic rings. The van der Waals surface area contributed by atoms with E-state index < -0.39 is 9.84 Å². The number of carbonyl (C=O) groups is 1. The molecular formula is C11H15NO3S2. The van der Waals surface area contributed by atoms with Crippen molar-refractivity contribution in [3.8, 4) is 0 Å². The van der Waals surface area contributed by atoms with Crippen LogP contribution in [0, 0.1) is 0 Å². The van der Waals surface area contributed by atoms with Crippen LogP contribution in [0.15, 0.2) is 17.5 Å². The van der Waals surface area contributed by atoms with Crippen LogP contribution in [0.1, 0.15) is 11.3 Å². The van der Waals surface area contributed by atoms with Crippen LogP contribution in [0.2, 0.25) is 0 Å². The van der Waals surface area contributed by atoms with E-state index in [0.29, 0.717) is 12.8 Å². The predicted octanol–water partition coefficient (Wildman–Crippen LogP) is 0.936. The molecule has 0 bridgehead atoms. The van der Waals surface area contributed by atoms with Gasteiger partial charge in [0.15, 0.2) is 9.84 Å². The van der Waals surface area contributed by atoms with E-state index in [-0.39, 0.29) is 23.5 Å². The van der Waals surface area contributed by atoms with Gasteiger partial charge in [-0.2, -0.15) is 0 Å². The summed E-state index contributed by atoms with van der Waals surface area (Å²) in [5.41, 5.74) is 0. The Kier molecular flexibility index (Phi) is 3.53. The van der Waals surface area contributed by atoms with Gasteiger partial charge in [0, 0.05) is 18.0 Å². The lowest BCUT2D eigenvalue weighted by Crippen LogP contribution is -2.38. The lowest BCUT2D eigenvalue weighted by atomic mass is 10.2.